The zero-order valence-electron chi connectivity index (χ0n) is 28.4. The van der Waals surface area contributed by atoms with Crippen LogP contribution in [0, 0.1) is 0 Å². The first kappa shape index (κ1) is 34.8. The highest BCUT2D eigenvalue weighted by Crippen LogP contribution is 2.35. The molecule has 2 aromatic carbocycles. The molecule has 7 rings (SSSR count). The molecule has 0 radical (unpaired) electrons. The summed E-state index contributed by atoms with van der Waals surface area (Å²) >= 11 is 0. The van der Waals surface area contributed by atoms with E-state index in [1.807, 2.05) is 41.3 Å². The molecule has 5 aromatic rings. The minimum absolute atomic E-state index is 0.00765. The summed E-state index contributed by atoms with van der Waals surface area (Å²) in [5, 5.41) is 43.4. The Morgan fingerprint density at radius 1 is 0.923 bits per heavy atom. The second-order valence-electron chi connectivity index (χ2n) is 13.2. The van der Waals surface area contributed by atoms with Gasteiger partial charge < -0.3 is 46.1 Å². The number of rotatable bonds is 12. The smallest absolute Gasteiger partial charge is 0.319 e. The van der Waals surface area contributed by atoms with Crippen molar-refractivity contribution in [1.29, 1.82) is 0 Å². The quantitative estimate of drug-likeness (QED) is 0.100. The molecular formula is C37H42N10O5. The van der Waals surface area contributed by atoms with E-state index in [0.29, 0.717) is 54.7 Å². The third kappa shape index (κ3) is 7.66. The maximum absolute atomic E-state index is 12.8. The topological polar surface area (TPSA) is 203 Å². The zero-order valence-corrected chi connectivity index (χ0v) is 28.4. The number of hydrogen-bond donors (Lipinski definition) is 7. The van der Waals surface area contributed by atoms with Crippen molar-refractivity contribution in [3.05, 3.63) is 103 Å². The van der Waals surface area contributed by atoms with Gasteiger partial charge in [-0.15, -0.1) is 0 Å². The highest BCUT2D eigenvalue weighted by atomic mass is 16.3. The number of aliphatic hydroxyl groups is 3. The summed E-state index contributed by atoms with van der Waals surface area (Å²) in [6, 6.07) is 22.1. The number of carbonyl (C=O) groups is 2. The predicted octanol–water partition coefficient (Wildman–Crippen LogP) is 2.40. The van der Waals surface area contributed by atoms with Crippen molar-refractivity contribution in [3.8, 4) is 0 Å². The number of nitrogens with zero attached hydrogens (tertiary/aromatic N) is 6. The molecule has 7 N–H and O–H groups in total. The van der Waals surface area contributed by atoms with Gasteiger partial charge in [0.15, 0.2) is 17.0 Å². The van der Waals surface area contributed by atoms with Crippen molar-refractivity contribution in [2.45, 2.75) is 55.5 Å². The lowest BCUT2D eigenvalue weighted by molar-refractivity contribution is -0.123. The van der Waals surface area contributed by atoms with Gasteiger partial charge >= 0.3 is 6.03 Å². The van der Waals surface area contributed by atoms with E-state index in [4.69, 9.17) is 15.0 Å². The fraction of sp³-hybridized carbons (Fsp3) is 0.351. The molecule has 1 saturated heterocycles. The van der Waals surface area contributed by atoms with E-state index < -0.39 is 30.2 Å². The van der Waals surface area contributed by atoms with Crippen LogP contribution in [-0.2, 0) is 4.79 Å². The number of aliphatic hydroxyl groups excluding tert-OH is 3. The lowest BCUT2D eigenvalue weighted by Crippen LogP contribution is -2.43. The maximum atomic E-state index is 12.8. The van der Waals surface area contributed by atoms with Gasteiger partial charge in [0.05, 0.1) is 36.9 Å². The molecule has 15 nitrogen and oxygen atoms in total. The van der Waals surface area contributed by atoms with Crippen molar-refractivity contribution in [3.63, 3.8) is 0 Å². The average molecular weight is 707 g/mol. The van der Waals surface area contributed by atoms with Crippen molar-refractivity contribution in [2.24, 2.45) is 0 Å². The monoisotopic (exact) mass is 706 g/mol. The van der Waals surface area contributed by atoms with Crippen LogP contribution in [-0.4, -0.2) is 102 Å². The van der Waals surface area contributed by atoms with Gasteiger partial charge in [0.1, 0.15) is 12.2 Å². The summed E-state index contributed by atoms with van der Waals surface area (Å²) < 4.78 is 1.73. The largest absolute Gasteiger partial charge is 0.396 e. The Morgan fingerprint density at radius 2 is 1.67 bits per heavy atom. The van der Waals surface area contributed by atoms with Gasteiger partial charge in [-0.3, -0.25) is 9.78 Å². The van der Waals surface area contributed by atoms with E-state index in [0.717, 1.165) is 11.1 Å². The fourth-order valence-corrected chi connectivity index (χ4v) is 7.07. The molecule has 1 aliphatic carbocycles. The van der Waals surface area contributed by atoms with E-state index in [1.165, 1.54) is 0 Å². The van der Waals surface area contributed by atoms with Crippen molar-refractivity contribution in [2.75, 3.05) is 41.8 Å². The number of aromatic nitrogens is 5. The molecule has 5 atom stereocenters. The Labute approximate surface area is 300 Å². The average Bonchev–Trinajstić information content (AvgIpc) is 3.88. The normalized spacial score (nSPS) is 21.4. The van der Waals surface area contributed by atoms with Gasteiger partial charge in [0.25, 0.3) is 0 Å². The number of hydrogen-bond acceptors (Lipinski definition) is 11. The van der Waals surface area contributed by atoms with Crippen molar-refractivity contribution in [1.82, 2.24) is 35.1 Å². The Balaban J connectivity index is 1.18. The number of pyridine rings is 1. The second kappa shape index (κ2) is 15.7. The second-order valence-corrected chi connectivity index (χ2v) is 13.2. The molecule has 0 bridgehead atoms. The predicted molar refractivity (Wildman–Crippen MR) is 195 cm³/mol. The van der Waals surface area contributed by atoms with Crippen molar-refractivity contribution < 1.29 is 24.9 Å². The molecular weight excluding hydrogens is 664 g/mol. The third-order valence-corrected chi connectivity index (χ3v) is 9.71. The Kier molecular flexibility index (Phi) is 10.5. The molecule has 2 fully saturated rings. The number of carbonyl (C=O) groups excluding carboxylic acids is 2. The van der Waals surface area contributed by atoms with Crippen LogP contribution in [0.25, 0.3) is 11.2 Å². The first-order chi connectivity index (χ1) is 25.4. The van der Waals surface area contributed by atoms with Gasteiger partial charge in [0, 0.05) is 44.2 Å². The maximum Gasteiger partial charge on any atom is 0.319 e. The molecule has 15 heteroatoms. The Hall–Kier alpha value is -5.64. The lowest BCUT2D eigenvalue weighted by Gasteiger charge is -2.22. The summed E-state index contributed by atoms with van der Waals surface area (Å²) in [5.41, 5.74) is 3.79. The standard InChI is InChI=1S/C37H42N10O5/c48-17-14-30(49)43-28-18-29(33(51)32(28)50)47-22-40-31-34(39-20-27(23-8-3-1-4-9-23)24-10-5-2-6-11-24)44-36(45-35(31)47)46-16-13-26(21-46)42-37(52)41-25-12-7-15-38-19-25/h1-12,15,19,22,26-29,32-33,48,50-51H,13-14,16-18,20-21H2,(H,43,49)(H,39,44,45)(H2,41,42,52)/t26-,28+,29-,32-,33+/m1/s1. The van der Waals surface area contributed by atoms with Crippen LogP contribution >= 0.6 is 0 Å². The van der Waals surface area contributed by atoms with Crippen LogP contribution in [0.2, 0.25) is 0 Å². The number of nitrogens with one attached hydrogen (secondary N) is 4. The van der Waals surface area contributed by atoms with Gasteiger partial charge in [-0.2, -0.15) is 9.97 Å². The van der Waals surface area contributed by atoms with Crippen LogP contribution in [0.5, 0.6) is 0 Å². The van der Waals surface area contributed by atoms with Gasteiger partial charge in [0.2, 0.25) is 11.9 Å². The van der Waals surface area contributed by atoms with E-state index >= 15 is 0 Å². The number of imidazole rings is 1. The van der Waals surface area contributed by atoms with Crippen LogP contribution in [0.3, 0.4) is 0 Å². The minimum Gasteiger partial charge on any atom is -0.396 e. The molecule has 0 unspecified atom stereocenters. The Morgan fingerprint density at radius 3 is 2.37 bits per heavy atom. The number of anilines is 3. The SMILES string of the molecule is O=C(CCO)N[C@H]1C[C@@H](n2cnc3c(NCC(c4ccccc4)c4ccccc4)nc(N4CC[C@@H](NC(=O)Nc5cccnc5)C4)nc32)[C@H](O)[C@@H]1O. The summed E-state index contributed by atoms with van der Waals surface area (Å²) in [6.45, 7) is 1.21. The molecule has 3 amide bonds. The van der Waals surface area contributed by atoms with Crippen LogP contribution < -0.4 is 26.2 Å². The summed E-state index contributed by atoms with van der Waals surface area (Å²) in [7, 11) is 0. The molecule has 1 saturated carbocycles. The summed E-state index contributed by atoms with van der Waals surface area (Å²) in [4.78, 5) is 45.7. The van der Waals surface area contributed by atoms with Crippen molar-refractivity contribution >= 4 is 40.6 Å². The molecule has 3 aromatic heterocycles. The molecule has 52 heavy (non-hydrogen) atoms. The summed E-state index contributed by atoms with van der Waals surface area (Å²) in [5.74, 6) is 0.503. The van der Waals surface area contributed by atoms with Gasteiger partial charge in [-0.25, -0.2) is 9.78 Å². The number of amides is 3. The van der Waals surface area contributed by atoms with E-state index in [9.17, 15) is 24.9 Å². The van der Waals surface area contributed by atoms with Gasteiger partial charge in [-0.05, 0) is 36.1 Å². The molecule has 0 spiro atoms. The molecule has 2 aliphatic rings. The van der Waals surface area contributed by atoms with Gasteiger partial charge in [-0.1, -0.05) is 60.7 Å². The Bertz CT molecular complexity index is 1930. The molecule has 270 valence electrons. The molecule has 4 heterocycles. The minimum atomic E-state index is -1.23. The number of fused-ring (bicyclic) bond motifs is 1. The first-order valence-corrected chi connectivity index (χ1v) is 17.4. The van der Waals surface area contributed by atoms with E-state index in [-0.39, 0.29) is 37.4 Å². The highest BCUT2D eigenvalue weighted by Gasteiger charge is 2.44. The fourth-order valence-electron chi connectivity index (χ4n) is 7.07. The summed E-state index contributed by atoms with van der Waals surface area (Å²) in [6.07, 6.45) is 3.12. The number of benzene rings is 2. The first-order valence-electron chi connectivity index (χ1n) is 17.4. The third-order valence-electron chi connectivity index (χ3n) is 9.71. The number of urea groups is 1. The van der Waals surface area contributed by atoms with Crippen LogP contribution in [0.15, 0.2) is 91.5 Å². The molecule has 1 aliphatic heterocycles. The van der Waals surface area contributed by atoms with Crippen LogP contribution in [0.1, 0.15) is 42.3 Å². The lowest BCUT2D eigenvalue weighted by atomic mass is 9.91. The van der Waals surface area contributed by atoms with Crippen LogP contribution in [0.4, 0.5) is 22.2 Å². The zero-order chi connectivity index (χ0) is 36.0. The van der Waals surface area contributed by atoms with E-state index in [1.54, 1.807) is 35.4 Å². The highest BCUT2D eigenvalue weighted by molar-refractivity contribution is 5.89. The van der Waals surface area contributed by atoms with E-state index in [2.05, 4.69) is 50.5 Å².